The number of aromatic nitrogens is 1. The van der Waals surface area contributed by atoms with E-state index in [1.165, 1.54) is 0 Å². The summed E-state index contributed by atoms with van der Waals surface area (Å²) in [6.07, 6.45) is -5.30. The Morgan fingerprint density at radius 1 is 1.24 bits per heavy atom. The van der Waals surface area contributed by atoms with E-state index >= 15 is 0 Å². The Bertz CT molecular complexity index is 696. The maximum absolute atomic E-state index is 12.4. The second-order valence-electron chi connectivity index (χ2n) is 4.09. The van der Waals surface area contributed by atoms with Crippen LogP contribution in [0.5, 0.6) is 0 Å². The smallest absolute Gasteiger partial charge is 0.236 e. The van der Waals surface area contributed by atoms with E-state index in [-0.39, 0.29) is 21.9 Å². The minimum atomic E-state index is -4.37. The van der Waals surface area contributed by atoms with Gasteiger partial charge in [0.1, 0.15) is 5.15 Å². The van der Waals surface area contributed by atoms with E-state index in [1.54, 1.807) is 18.2 Å². The highest BCUT2D eigenvalue weighted by atomic mass is 35.5. The molecule has 0 unspecified atom stereocenters. The number of pyridine rings is 1. The largest absolute Gasteiger partial charge is 0.393 e. The lowest BCUT2D eigenvalue weighted by atomic mass is 10.1. The van der Waals surface area contributed by atoms with Crippen LogP contribution in [0.3, 0.4) is 0 Å². The lowest BCUT2D eigenvalue weighted by Crippen LogP contribution is -2.13. The normalized spacial score (nSPS) is 10.8. The lowest BCUT2D eigenvalue weighted by Gasteiger charge is -2.12. The van der Waals surface area contributed by atoms with Crippen LogP contribution in [0.4, 0.5) is 13.2 Å². The van der Waals surface area contributed by atoms with Crippen LogP contribution in [0, 0.1) is 6.92 Å². The van der Waals surface area contributed by atoms with Gasteiger partial charge in [-0.2, -0.15) is 22.8 Å². The highest BCUT2D eigenvalue weighted by Crippen LogP contribution is 2.35. The van der Waals surface area contributed by atoms with Gasteiger partial charge in [0.25, 0.3) is 0 Å². The van der Waals surface area contributed by atoms with Gasteiger partial charge in [0, 0.05) is 10.9 Å². The van der Waals surface area contributed by atoms with Crippen molar-refractivity contribution in [3.63, 3.8) is 0 Å². The molecule has 0 atom stereocenters. The Morgan fingerprint density at radius 3 is 2.33 bits per heavy atom. The standard InChI is InChI=1S/C12H8Cl2F3N.CO2/c1-6-2-3-9-7(4-6)10(13)8(11(14)18-9)5-12(15,16)17;2-1-3/h2-4H,5H2,1H3;. The van der Waals surface area contributed by atoms with Crippen LogP contribution in [0.15, 0.2) is 18.2 Å². The molecular formula is C13H8Cl2F3NO2. The number of carbonyl (C=O) groups excluding carboxylic acids is 2. The average molecular weight is 338 g/mol. The number of hydrogen-bond acceptors (Lipinski definition) is 3. The van der Waals surface area contributed by atoms with Crippen molar-refractivity contribution in [1.29, 1.82) is 0 Å². The van der Waals surface area contributed by atoms with E-state index in [2.05, 4.69) is 4.98 Å². The van der Waals surface area contributed by atoms with E-state index in [0.29, 0.717) is 10.9 Å². The Hall–Kier alpha value is -1.62. The summed E-state index contributed by atoms with van der Waals surface area (Å²) in [5.41, 5.74) is 1.21. The van der Waals surface area contributed by atoms with E-state index < -0.39 is 12.6 Å². The van der Waals surface area contributed by atoms with Crippen LogP contribution in [0.2, 0.25) is 10.2 Å². The molecule has 0 bridgehead atoms. The van der Waals surface area contributed by atoms with Crippen molar-refractivity contribution in [1.82, 2.24) is 4.98 Å². The van der Waals surface area contributed by atoms with Crippen LogP contribution in [0.25, 0.3) is 10.9 Å². The first-order chi connectivity index (χ1) is 9.69. The second-order valence-corrected chi connectivity index (χ2v) is 4.83. The molecule has 0 aliphatic rings. The summed E-state index contributed by atoms with van der Waals surface area (Å²) in [7, 11) is 0. The molecule has 8 heteroatoms. The minimum absolute atomic E-state index is 0.0195. The van der Waals surface area contributed by atoms with Crippen LogP contribution in [-0.2, 0) is 16.0 Å². The fourth-order valence-electron chi connectivity index (χ4n) is 1.70. The van der Waals surface area contributed by atoms with Crippen molar-refractivity contribution in [3.8, 4) is 0 Å². The van der Waals surface area contributed by atoms with Gasteiger partial charge in [0.05, 0.1) is 17.0 Å². The number of fused-ring (bicyclic) bond motifs is 1. The molecule has 2 aromatic rings. The van der Waals surface area contributed by atoms with Crippen LogP contribution < -0.4 is 0 Å². The van der Waals surface area contributed by atoms with Gasteiger partial charge in [-0.3, -0.25) is 0 Å². The summed E-state index contributed by atoms with van der Waals surface area (Å²) >= 11 is 11.8. The van der Waals surface area contributed by atoms with Crippen molar-refractivity contribution < 1.29 is 22.8 Å². The maximum atomic E-state index is 12.4. The maximum Gasteiger partial charge on any atom is 0.393 e. The van der Waals surface area contributed by atoms with E-state index in [9.17, 15) is 13.2 Å². The monoisotopic (exact) mass is 337 g/mol. The van der Waals surface area contributed by atoms with E-state index in [4.69, 9.17) is 32.8 Å². The molecule has 0 aliphatic heterocycles. The van der Waals surface area contributed by atoms with Gasteiger partial charge < -0.3 is 0 Å². The molecule has 0 radical (unpaired) electrons. The van der Waals surface area contributed by atoms with Gasteiger partial charge in [0.2, 0.25) is 0 Å². The first-order valence-electron chi connectivity index (χ1n) is 5.50. The molecule has 0 N–H and O–H groups in total. The van der Waals surface area contributed by atoms with Gasteiger partial charge in [-0.15, -0.1) is 0 Å². The molecule has 0 fully saturated rings. The predicted octanol–water partition coefficient (Wildman–Crippen LogP) is 4.37. The molecule has 112 valence electrons. The fourth-order valence-corrected chi connectivity index (χ4v) is 2.31. The summed E-state index contributed by atoms with van der Waals surface area (Å²) in [4.78, 5) is 20.2. The van der Waals surface area contributed by atoms with Gasteiger partial charge in [-0.05, 0) is 19.1 Å². The topological polar surface area (TPSA) is 47.0 Å². The number of rotatable bonds is 1. The molecule has 1 aromatic carbocycles. The van der Waals surface area contributed by atoms with Crippen molar-refractivity contribution in [3.05, 3.63) is 39.5 Å². The number of nitrogens with zero attached hydrogens (tertiary/aromatic N) is 1. The van der Waals surface area contributed by atoms with E-state index in [0.717, 1.165) is 5.56 Å². The zero-order chi connectivity index (χ0) is 16.2. The molecule has 2 rings (SSSR count). The molecule has 0 saturated heterocycles. The van der Waals surface area contributed by atoms with Gasteiger partial charge in [0.15, 0.2) is 0 Å². The quantitative estimate of drug-likeness (QED) is 0.726. The van der Waals surface area contributed by atoms with Crippen LogP contribution in [0.1, 0.15) is 11.1 Å². The summed E-state index contributed by atoms with van der Waals surface area (Å²) in [6, 6.07) is 5.17. The Labute approximate surface area is 127 Å². The molecule has 0 saturated carbocycles. The van der Waals surface area contributed by atoms with Gasteiger partial charge >= 0.3 is 12.3 Å². The van der Waals surface area contributed by atoms with Crippen molar-refractivity contribution in [2.45, 2.75) is 19.5 Å². The molecule has 21 heavy (non-hydrogen) atoms. The number of alkyl halides is 3. The molecular weight excluding hydrogens is 330 g/mol. The minimum Gasteiger partial charge on any atom is -0.236 e. The third-order valence-electron chi connectivity index (χ3n) is 2.50. The molecule has 0 amide bonds. The number of benzene rings is 1. The molecule has 0 aliphatic carbocycles. The van der Waals surface area contributed by atoms with Crippen LogP contribution in [-0.4, -0.2) is 17.3 Å². The first kappa shape index (κ1) is 17.4. The third-order valence-corrected chi connectivity index (χ3v) is 3.24. The average Bonchev–Trinajstić information content (AvgIpc) is 2.35. The predicted molar refractivity (Wildman–Crippen MR) is 71.3 cm³/mol. The highest BCUT2D eigenvalue weighted by molar-refractivity contribution is 6.39. The second kappa shape index (κ2) is 6.89. The third kappa shape index (κ3) is 4.70. The lowest BCUT2D eigenvalue weighted by molar-refractivity contribution is -0.191. The summed E-state index contributed by atoms with van der Waals surface area (Å²) < 4.78 is 37.3. The molecule has 3 nitrogen and oxygen atoms in total. The molecule has 0 spiro atoms. The van der Waals surface area contributed by atoms with Crippen molar-refractivity contribution in [2.24, 2.45) is 0 Å². The Balaban J connectivity index is 0.000000677. The summed E-state index contributed by atoms with van der Waals surface area (Å²) in [6.45, 7) is 1.83. The number of halogens is 5. The van der Waals surface area contributed by atoms with Crippen LogP contribution >= 0.6 is 23.2 Å². The molecule has 1 heterocycles. The Morgan fingerprint density at radius 2 is 1.81 bits per heavy atom. The Kier molecular flexibility index (Phi) is 5.72. The number of aryl methyl sites for hydroxylation is 1. The van der Waals surface area contributed by atoms with E-state index in [1.807, 2.05) is 6.92 Å². The van der Waals surface area contributed by atoms with Crippen molar-refractivity contribution >= 4 is 40.3 Å². The van der Waals surface area contributed by atoms with Crippen molar-refractivity contribution in [2.75, 3.05) is 0 Å². The highest BCUT2D eigenvalue weighted by Gasteiger charge is 2.31. The zero-order valence-electron chi connectivity index (χ0n) is 10.6. The first-order valence-corrected chi connectivity index (χ1v) is 6.25. The fraction of sp³-hybridized carbons (Fsp3) is 0.231. The number of hydrogen-bond donors (Lipinski definition) is 0. The van der Waals surface area contributed by atoms with Gasteiger partial charge in [-0.25, -0.2) is 4.98 Å². The summed E-state index contributed by atoms with van der Waals surface area (Å²) in [5.74, 6) is 0. The molecule has 1 aromatic heterocycles. The zero-order valence-corrected chi connectivity index (χ0v) is 12.1. The van der Waals surface area contributed by atoms with Gasteiger partial charge in [-0.1, -0.05) is 34.8 Å². The SMILES string of the molecule is Cc1ccc2nc(Cl)c(CC(F)(F)F)c(Cl)c2c1.O=C=O. The summed E-state index contributed by atoms with van der Waals surface area (Å²) in [5, 5.41) is 0.306.